The van der Waals surface area contributed by atoms with Crippen molar-refractivity contribution in [3.8, 4) is 11.8 Å². The van der Waals surface area contributed by atoms with E-state index in [0.29, 0.717) is 17.1 Å². The quantitative estimate of drug-likeness (QED) is 0.763. The van der Waals surface area contributed by atoms with Crippen LogP contribution in [0.1, 0.15) is 28.0 Å². The molecule has 1 amide bonds. The summed E-state index contributed by atoms with van der Waals surface area (Å²) in [5.41, 5.74) is 2.89. The third-order valence-corrected chi connectivity index (χ3v) is 3.05. The van der Waals surface area contributed by atoms with Crippen molar-refractivity contribution < 1.29 is 9.90 Å². The second-order valence-electron chi connectivity index (χ2n) is 4.49. The molecule has 1 heterocycles. The third kappa shape index (κ3) is 4.12. The number of aryl methyl sites for hydroxylation is 1. The van der Waals surface area contributed by atoms with Crippen LogP contribution in [0.3, 0.4) is 0 Å². The van der Waals surface area contributed by atoms with Crippen molar-refractivity contribution in [3.05, 3.63) is 52.3 Å². The lowest BCUT2D eigenvalue weighted by molar-refractivity contribution is 0.102. The Bertz CT molecular complexity index is 711. The van der Waals surface area contributed by atoms with Crippen LogP contribution in [0.15, 0.2) is 30.5 Å². The molecule has 0 spiro atoms. The maximum Gasteiger partial charge on any atom is 0.272 e. The molecular weight excluding hydrogens is 288 g/mol. The van der Waals surface area contributed by atoms with Crippen molar-refractivity contribution in [2.24, 2.45) is 0 Å². The molecule has 0 saturated heterocycles. The number of aromatic nitrogens is 1. The van der Waals surface area contributed by atoms with Crippen molar-refractivity contribution in [2.45, 2.75) is 13.3 Å². The van der Waals surface area contributed by atoms with Gasteiger partial charge in [-0.15, -0.1) is 0 Å². The fraction of sp³-hybridized carbons (Fsp3) is 0.188. The fourth-order valence-electron chi connectivity index (χ4n) is 1.79. The van der Waals surface area contributed by atoms with E-state index in [1.165, 1.54) is 0 Å². The second-order valence-corrected chi connectivity index (χ2v) is 4.93. The predicted molar refractivity (Wildman–Crippen MR) is 83.5 cm³/mol. The molecule has 5 heteroatoms. The molecule has 108 valence electrons. The summed E-state index contributed by atoms with van der Waals surface area (Å²) in [6.07, 6.45) is 2.01. The van der Waals surface area contributed by atoms with Gasteiger partial charge >= 0.3 is 0 Å². The van der Waals surface area contributed by atoms with Crippen molar-refractivity contribution in [1.82, 2.24) is 4.98 Å². The van der Waals surface area contributed by atoms with E-state index in [4.69, 9.17) is 16.7 Å². The highest BCUT2D eigenvalue weighted by atomic mass is 35.5. The summed E-state index contributed by atoms with van der Waals surface area (Å²) in [4.78, 5) is 14.8. The number of anilines is 1. The summed E-state index contributed by atoms with van der Waals surface area (Å²) in [6.45, 7) is 1.95. The van der Waals surface area contributed by atoms with Gasteiger partial charge in [0.25, 0.3) is 5.91 Å². The monoisotopic (exact) mass is 302 g/mol. The number of hydrogen-bond acceptors (Lipinski definition) is 2. The Hall–Kier alpha value is -2.22. The highest BCUT2D eigenvalue weighted by molar-refractivity contribution is 6.31. The highest BCUT2D eigenvalue weighted by Gasteiger charge is 2.09. The van der Waals surface area contributed by atoms with E-state index in [1.54, 1.807) is 18.3 Å². The van der Waals surface area contributed by atoms with E-state index in [0.717, 1.165) is 16.8 Å². The minimum absolute atomic E-state index is 0.0544. The Balaban J connectivity index is 2.11. The summed E-state index contributed by atoms with van der Waals surface area (Å²) in [5, 5.41) is 12.0. The maximum atomic E-state index is 12.0. The summed E-state index contributed by atoms with van der Waals surface area (Å²) in [6, 6.07) is 7.10. The molecule has 0 bridgehead atoms. The zero-order valence-corrected chi connectivity index (χ0v) is 12.3. The number of rotatable bonds is 3. The zero-order valence-electron chi connectivity index (χ0n) is 11.5. The molecular formula is C16H15ClN2O2. The Labute approximate surface area is 128 Å². The van der Waals surface area contributed by atoms with Crippen LogP contribution in [0, 0.1) is 18.8 Å². The van der Waals surface area contributed by atoms with Crippen LogP contribution in [-0.4, -0.2) is 22.6 Å². The molecule has 21 heavy (non-hydrogen) atoms. The number of carbonyl (C=O) groups excluding carboxylic acids is 1. The largest absolute Gasteiger partial charge is 0.395 e. The van der Waals surface area contributed by atoms with Crippen LogP contribution < -0.4 is 5.32 Å². The SMILES string of the molecule is Cc1cc(C#CCCO)ccc1NC(=O)c1cc(Cl)c[nH]1. The average molecular weight is 303 g/mol. The van der Waals surface area contributed by atoms with Gasteiger partial charge in [0.15, 0.2) is 0 Å². The number of nitrogens with one attached hydrogen (secondary N) is 2. The molecule has 0 aliphatic carbocycles. The lowest BCUT2D eigenvalue weighted by Gasteiger charge is -2.07. The first kappa shape index (κ1) is 15.2. The first-order chi connectivity index (χ1) is 10.1. The van der Waals surface area contributed by atoms with Gasteiger partial charge in [0.2, 0.25) is 0 Å². The topological polar surface area (TPSA) is 65.1 Å². The molecule has 0 radical (unpaired) electrons. The zero-order chi connectivity index (χ0) is 15.2. The van der Waals surface area contributed by atoms with Gasteiger partial charge in [-0.05, 0) is 36.8 Å². The Morgan fingerprint density at radius 1 is 1.43 bits per heavy atom. The number of aliphatic hydroxyl groups is 1. The van der Waals surface area contributed by atoms with Crippen LogP contribution in [0.2, 0.25) is 5.02 Å². The minimum atomic E-state index is -0.246. The van der Waals surface area contributed by atoms with Crippen molar-refractivity contribution in [1.29, 1.82) is 0 Å². The maximum absolute atomic E-state index is 12.0. The van der Waals surface area contributed by atoms with Gasteiger partial charge in [0.1, 0.15) is 5.69 Å². The van der Waals surface area contributed by atoms with Crippen LogP contribution in [-0.2, 0) is 0 Å². The molecule has 1 aromatic heterocycles. The molecule has 0 aliphatic heterocycles. The molecule has 1 aromatic carbocycles. The van der Waals surface area contributed by atoms with Crippen molar-refractivity contribution >= 4 is 23.2 Å². The number of hydrogen-bond donors (Lipinski definition) is 3. The first-order valence-electron chi connectivity index (χ1n) is 6.46. The number of halogens is 1. The summed E-state index contributed by atoms with van der Waals surface area (Å²) >= 11 is 5.78. The molecule has 0 fully saturated rings. The van der Waals surface area contributed by atoms with Crippen LogP contribution in [0.25, 0.3) is 0 Å². The van der Waals surface area contributed by atoms with Crippen LogP contribution in [0.4, 0.5) is 5.69 Å². The molecule has 2 aromatic rings. The van der Waals surface area contributed by atoms with Gasteiger partial charge < -0.3 is 15.4 Å². The Morgan fingerprint density at radius 3 is 2.86 bits per heavy atom. The van der Waals surface area contributed by atoms with Crippen LogP contribution >= 0.6 is 11.6 Å². The number of aliphatic hydroxyl groups excluding tert-OH is 1. The molecule has 0 aliphatic rings. The van der Waals surface area contributed by atoms with E-state index in [9.17, 15) is 4.79 Å². The molecule has 2 rings (SSSR count). The summed E-state index contributed by atoms with van der Waals surface area (Å²) in [5.74, 6) is 5.57. The normalized spacial score (nSPS) is 9.86. The van der Waals surface area contributed by atoms with Gasteiger partial charge in [-0.3, -0.25) is 4.79 Å². The summed E-state index contributed by atoms with van der Waals surface area (Å²) < 4.78 is 0. The number of aromatic amines is 1. The number of amides is 1. The Morgan fingerprint density at radius 2 is 2.24 bits per heavy atom. The van der Waals surface area contributed by atoms with Gasteiger partial charge in [-0.25, -0.2) is 0 Å². The Kier molecular flexibility index (Phi) is 5.04. The van der Waals surface area contributed by atoms with E-state index in [-0.39, 0.29) is 12.5 Å². The van der Waals surface area contributed by atoms with Crippen molar-refractivity contribution in [3.63, 3.8) is 0 Å². The second kappa shape index (κ2) is 6.98. The van der Waals surface area contributed by atoms with E-state index < -0.39 is 0 Å². The minimum Gasteiger partial charge on any atom is -0.395 e. The van der Waals surface area contributed by atoms with Gasteiger partial charge in [0.05, 0.1) is 11.6 Å². The third-order valence-electron chi connectivity index (χ3n) is 2.84. The smallest absolute Gasteiger partial charge is 0.272 e. The molecule has 0 unspecified atom stereocenters. The number of carbonyl (C=O) groups is 1. The predicted octanol–water partition coefficient (Wildman–Crippen LogP) is 2.96. The lowest BCUT2D eigenvalue weighted by atomic mass is 10.1. The van der Waals surface area contributed by atoms with E-state index in [1.807, 2.05) is 19.1 Å². The van der Waals surface area contributed by atoms with Gasteiger partial charge in [0, 0.05) is 23.9 Å². The molecule has 0 atom stereocenters. The van der Waals surface area contributed by atoms with E-state index >= 15 is 0 Å². The summed E-state index contributed by atoms with van der Waals surface area (Å²) in [7, 11) is 0. The standard InChI is InChI=1S/C16H15ClN2O2/c1-11-8-12(4-2-3-7-20)5-6-14(11)19-16(21)15-9-13(17)10-18-15/h5-6,8-10,18,20H,3,7H2,1H3,(H,19,21). The van der Waals surface area contributed by atoms with E-state index in [2.05, 4.69) is 22.1 Å². The molecule has 4 nitrogen and oxygen atoms in total. The van der Waals surface area contributed by atoms with Gasteiger partial charge in [-0.1, -0.05) is 23.4 Å². The average Bonchev–Trinajstić information content (AvgIpc) is 2.89. The lowest BCUT2D eigenvalue weighted by Crippen LogP contribution is -2.13. The van der Waals surface area contributed by atoms with Crippen molar-refractivity contribution in [2.75, 3.05) is 11.9 Å². The van der Waals surface area contributed by atoms with Crippen LogP contribution in [0.5, 0.6) is 0 Å². The molecule has 3 N–H and O–H groups in total. The number of benzene rings is 1. The van der Waals surface area contributed by atoms with Gasteiger partial charge in [-0.2, -0.15) is 0 Å². The number of H-pyrrole nitrogens is 1. The molecule has 0 saturated carbocycles. The highest BCUT2D eigenvalue weighted by Crippen LogP contribution is 2.18. The fourth-order valence-corrected chi connectivity index (χ4v) is 1.95. The first-order valence-corrected chi connectivity index (χ1v) is 6.83.